The molecule has 1 aliphatic rings. The molecule has 0 aliphatic carbocycles. The molecule has 34 heavy (non-hydrogen) atoms. The van der Waals surface area contributed by atoms with Crippen molar-refractivity contribution in [1.82, 2.24) is 9.88 Å². The Bertz CT molecular complexity index is 1060. The van der Waals surface area contributed by atoms with Gasteiger partial charge in [0.1, 0.15) is 11.5 Å². The summed E-state index contributed by atoms with van der Waals surface area (Å²) in [5.41, 5.74) is 2.35. The molecule has 3 aromatic rings. The van der Waals surface area contributed by atoms with E-state index >= 15 is 0 Å². The summed E-state index contributed by atoms with van der Waals surface area (Å²) >= 11 is 1.85. The highest BCUT2D eigenvalue weighted by Crippen LogP contribution is 2.31. The van der Waals surface area contributed by atoms with Gasteiger partial charge in [-0.25, -0.2) is 0 Å². The number of fused-ring (bicyclic) bond motifs is 1. The largest absolute Gasteiger partial charge is 0.497 e. The normalized spacial score (nSPS) is 18.8. The molecule has 1 aromatic heterocycles. The van der Waals surface area contributed by atoms with Crippen LogP contribution >= 0.6 is 11.8 Å². The number of aryl methyl sites for hydroxylation is 1. The number of aliphatic hydroxyl groups excluding tert-OH is 1. The average molecular weight is 481 g/mol. The predicted molar refractivity (Wildman–Crippen MR) is 140 cm³/mol. The number of methoxy groups -OCH3 is 2. The number of ether oxygens (including phenoxy) is 2. The van der Waals surface area contributed by atoms with Crippen LogP contribution < -0.4 is 9.47 Å². The molecule has 0 saturated carbocycles. The van der Waals surface area contributed by atoms with Crippen molar-refractivity contribution in [2.45, 2.75) is 30.6 Å². The Morgan fingerprint density at radius 2 is 1.97 bits per heavy atom. The molecule has 5 nitrogen and oxygen atoms in total. The third-order valence-corrected chi connectivity index (χ3v) is 8.04. The zero-order valence-corrected chi connectivity index (χ0v) is 21.1. The second kappa shape index (κ2) is 12.4. The van der Waals surface area contributed by atoms with Crippen LogP contribution in [-0.2, 0) is 6.42 Å². The van der Waals surface area contributed by atoms with Gasteiger partial charge in [0.15, 0.2) is 0 Å². The summed E-state index contributed by atoms with van der Waals surface area (Å²) in [4.78, 5) is 8.21. The van der Waals surface area contributed by atoms with Crippen molar-refractivity contribution in [3.8, 4) is 11.5 Å². The van der Waals surface area contributed by atoms with Gasteiger partial charge in [0.25, 0.3) is 0 Å². The van der Waals surface area contributed by atoms with Gasteiger partial charge < -0.3 is 19.5 Å². The first-order valence-corrected chi connectivity index (χ1v) is 13.2. The molecular weight excluding hydrogens is 444 g/mol. The minimum Gasteiger partial charge on any atom is -0.497 e. The number of thioether (sulfide) groups is 1. The third-order valence-electron chi connectivity index (χ3n) is 7.00. The zero-order valence-electron chi connectivity index (χ0n) is 20.3. The number of aliphatic hydroxyl groups is 1. The molecule has 0 amide bonds. The molecule has 6 heteroatoms. The van der Waals surface area contributed by atoms with E-state index in [0.717, 1.165) is 68.1 Å². The van der Waals surface area contributed by atoms with Crippen LogP contribution in [0.2, 0.25) is 0 Å². The van der Waals surface area contributed by atoms with Gasteiger partial charge in [-0.15, -0.1) is 11.8 Å². The van der Waals surface area contributed by atoms with Gasteiger partial charge in [0.05, 0.1) is 19.7 Å². The van der Waals surface area contributed by atoms with Crippen LogP contribution in [0.3, 0.4) is 0 Å². The number of nitrogens with zero attached hydrogens (tertiary/aromatic N) is 2. The smallest absolute Gasteiger partial charge is 0.132 e. The molecule has 0 unspecified atom stereocenters. The number of aromatic nitrogens is 1. The first kappa shape index (κ1) is 24.8. The van der Waals surface area contributed by atoms with E-state index in [2.05, 4.69) is 34.1 Å². The highest BCUT2D eigenvalue weighted by Gasteiger charge is 2.28. The van der Waals surface area contributed by atoms with Crippen LogP contribution in [0.1, 0.15) is 24.8 Å². The Morgan fingerprint density at radius 3 is 2.79 bits per heavy atom. The van der Waals surface area contributed by atoms with Gasteiger partial charge >= 0.3 is 0 Å². The number of para-hydroxylation sites is 1. The minimum absolute atomic E-state index is 0.274. The first-order valence-electron chi connectivity index (χ1n) is 12.2. The Balaban J connectivity index is 1.26. The van der Waals surface area contributed by atoms with Crippen LogP contribution in [-0.4, -0.2) is 61.2 Å². The minimum atomic E-state index is 0.274. The van der Waals surface area contributed by atoms with Crippen molar-refractivity contribution in [2.75, 3.05) is 46.2 Å². The summed E-state index contributed by atoms with van der Waals surface area (Å²) in [6.07, 6.45) is 6.38. The van der Waals surface area contributed by atoms with E-state index in [9.17, 15) is 5.11 Å². The van der Waals surface area contributed by atoms with E-state index in [-0.39, 0.29) is 6.61 Å². The van der Waals surface area contributed by atoms with Gasteiger partial charge in [0, 0.05) is 41.9 Å². The van der Waals surface area contributed by atoms with Crippen molar-refractivity contribution >= 4 is 22.7 Å². The van der Waals surface area contributed by atoms with E-state index < -0.39 is 0 Å². The molecule has 0 spiro atoms. The van der Waals surface area contributed by atoms with E-state index in [1.807, 2.05) is 42.2 Å². The van der Waals surface area contributed by atoms with Crippen LogP contribution in [0, 0.1) is 11.8 Å². The Kier molecular flexibility index (Phi) is 9.08. The first-order chi connectivity index (χ1) is 16.7. The summed E-state index contributed by atoms with van der Waals surface area (Å²) in [5.74, 6) is 3.80. The van der Waals surface area contributed by atoms with Crippen LogP contribution in [0.5, 0.6) is 11.5 Å². The molecule has 1 N–H and O–H groups in total. The number of likely N-dealkylation sites (tertiary alicyclic amines) is 1. The number of hydrogen-bond acceptors (Lipinski definition) is 6. The molecule has 0 radical (unpaired) electrons. The molecular formula is C28H36N2O3S. The van der Waals surface area contributed by atoms with Gasteiger partial charge in [-0.05, 0) is 86.0 Å². The van der Waals surface area contributed by atoms with Gasteiger partial charge in [0.2, 0.25) is 0 Å². The summed E-state index contributed by atoms with van der Waals surface area (Å²) in [6.45, 7) is 3.42. The van der Waals surface area contributed by atoms with Crippen molar-refractivity contribution < 1.29 is 14.6 Å². The van der Waals surface area contributed by atoms with Crippen LogP contribution in [0.15, 0.2) is 59.6 Å². The van der Waals surface area contributed by atoms with Gasteiger partial charge in [-0.2, -0.15) is 0 Å². The topological polar surface area (TPSA) is 54.8 Å². The fourth-order valence-corrected chi connectivity index (χ4v) is 6.09. The van der Waals surface area contributed by atoms with Crippen molar-refractivity contribution in [3.05, 3.63) is 60.3 Å². The lowest BCUT2D eigenvalue weighted by Crippen LogP contribution is -2.42. The second-order valence-corrected chi connectivity index (χ2v) is 10.2. The number of pyridine rings is 1. The molecule has 1 saturated heterocycles. The monoisotopic (exact) mass is 480 g/mol. The third kappa shape index (κ3) is 6.23. The molecule has 182 valence electrons. The fraction of sp³-hybridized carbons (Fsp3) is 0.464. The number of rotatable bonds is 11. The van der Waals surface area contributed by atoms with Crippen LogP contribution in [0.25, 0.3) is 10.9 Å². The maximum absolute atomic E-state index is 10.1. The quantitative estimate of drug-likeness (QED) is 0.376. The average Bonchev–Trinajstić information content (AvgIpc) is 2.89. The van der Waals surface area contributed by atoms with E-state index in [4.69, 9.17) is 9.47 Å². The predicted octanol–water partition coefficient (Wildman–Crippen LogP) is 5.30. The highest BCUT2D eigenvalue weighted by atomic mass is 32.2. The molecule has 2 heterocycles. The Hall–Kier alpha value is -2.28. The van der Waals surface area contributed by atoms with Crippen molar-refractivity contribution in [2.24, 2.45) is 11.8 Å². The lowest BCUT2D eigenvalue weighted by molar-refractivity contribution is 0.0710. The summed E-state index contributed by atoms with van der Waals surface area (Å²) < 4.78 is 10.9. The fourth-order valence-electron chi connectivity index (χ4n) is 5.05. The van der Waals surface area contributed by atoms with E-state index in [1.54, 1.807) is 14.2 Å². The van der Waals surface area contributed by atoms with E-state index in [1.165, 1.54) is 15.8 Å². The molecule has 4 rings (SSSR count). The molecule has 1 aliphatic heterocycles. The Morgan fingerprint density at radius 1 is 1.09 bits per heavy atom. The molecule has 0 bridgehead atoms. The maximum Gasteiger partial charge on any atom is 0.132 e. The number of benzene rings is 2. The summed E-state index contributed by atoms with van der Waals surface area (Å²) in [7, 11) is 3.43. The number of piperidine rings is 1. The zero-order chi connectivity index (χ0) is 23.8. The van der Waals surface area contributed by atoms with Crippen molar-refractivity contribution in [3.63, 3.8) is 0 Å². The number of hydrogen-bond donors (Lipinski definition) is 1. The summed E-state index contributed by atoms with van der Waals surface area (Å²) in [5, 5.41) is 11.3. The van der Waals surface area contributed by atoms with E-state index in [0.29, 0.717) is 11.8 Å². The van der Waals surface area contributed by atoms with Gasteiger partial charge in [-0.1, -0.05) is 12.1 Å². The van der Waals surface area contributed by atoms with Crippen molar-refractivity contribution in [1.29, 1.82) is 0 Å². The molecule has 2 aromatic carbocycles. The SMILES string of the molecule is COc1ccc2nccc(CCC[C@@H]3CCN(CCSc4ccccc4OC)C[C@@H]3CO)c2c1. The van der Waals surface area contributed by atoms with Gasteiger partial charge in [-0.3, -0.25) is 4.98 Å². The molecule has 2 atom stereocenters. The standard InChI is InChI=1S/C28H36N2O3S/c1-32-24-10-11-26-25(18-24)22(12-14-29-26)7-5-6-21-13-15-30(19-23(21)20-31)16-17-34-28-9-4-3-8-27(28)33-2/h3-4,8-12,14,18,21,23,31H,5-7,13,15-17,19-20H2,1-2H3/t21-,23-/m1/s1. The molecule has 1 fully saturated rings. The maximum atomic E-state index is 10.1. The lowest BCUT2D eigenvalue weighted by atomic mass is 9.82. The Labute approximate surface area is 207 Å². The summed E-state index contributed by atoms with van der Waals surface area (Å²) in [6, 6.07) is 16.4. The highest BCUT2D eigenvalue weighted by molar-refractivity contribution is 7.99. The second-order valence-electron chi connectivity index (χ2n) is 9.04. The van der Waals surface area contributed by atoms with Crippen LogP contribution in [0.4, 0.5) is 0 Å². The lowest BCUT2D eigenvalue weighted by Gasteiger charge is -2.38.